The Kier molecular flexibility index (Phi) is 3.83. The van der Waals surface area contributed by atoms with Gasteiger partial charge in [-0.2, -0.15) is 0 Å². The summed E-state index contributed by atoms with van der Waals surface area (Å²) in [6.07, 6.45) is 0. The third-order valence-electron chi connectivity index (χ3n) is 7.00. The molecule has 6 heteroatoms. The summed E-state index contributed by atoms with van der Waals surface area (Å²) in [7, 11) is 0. The van der Waals surface area contributed by atoms with E-state index in [1.807, 2.05) is 55.5 Å². The first-order valence-electron chi connectivity index (χ1n) is 10.0. The number of nitrogens with zero attached hydrogens (tertiary/aromatic N) is 1. The van der Waals surface area contributed by atoms with Crippen molar-refractivity contribution in [3.05, 3.63) is 99.6 Å². The van der Waals surface area contributed by atoms with Crippen LogP contribution in [0.4, 0.5) is 5.69 Å². The van der Waals surface area contributed by atoms with Gasteiger partial charge in [-0.15, -0.1) is 23.2 Å². The zero-order chi connectivity index (χ0) is 21.7. The third-order valence-corrected chi connectivity index (χ3v) is 8.52. The largest absolute Gasteiger partial charge is 0.274 e. The number of anilines is 1. The number of benzene rings is 3. The van der Waals surface area contributed by atoms with Crippen LogP contribution in [0.2, 0.25) is 5.02 Å². The maximum atomic E-state index is 13.9. The lowest BCUT2D eigenvalue weighted by atomic mass is 9.54. The van der Waals surface area contributed by atoms with Crippen molar-refractivity contribution >= 4 is 52.3 Å². The van der Waals surface area contributed by atoms with Crippen LogP contribution in [0.3, 0.4) is 0 Å². The number of alkyl halides is 2. The Morgan fingerprint density at radius 2 is 1.16 bits per heavy atom. The van der Waals surface area contributed by atoms with Crippen molar-refractivity contribution in [3.8, 4) is 0 Å². The first-order valence-corrected chi connectivity index (χ1v) is 11.2. The predicted octanol–water partition coefficient (Wildman–Crippen LogP) is 5.75. The topological polar surface area (TPSA) is 37.4 Å². The maximum Gasteiger partial charge on any atom is 0.240 e. The van der Waals surface area contributed by atoms with Gasteiger partial charge in [0.2, 0.25) is 11.8 Å². The summed E-state index contributed by atoms with van der Waals surface area (Å²) >= 11 is 21.1. The molecule has 7 rings (SSSR count). The van der Waals surface area contributed by atoms with Crippen molar-refractivity contribution in [2.24, 2.45) is 11.8 Å². The zero-order valence-corrected chi connectivity index (χ0v) is 18.7. The van der Waals surface area contributed by atoms with Crippen molar-refractivity contribution in [2.45, 2.75) is 16.7 Å². The number of hydrogen-bond donors (Lipinski definition) is 0. The number of amides is 2. The average Bonchev–Trinajstić information content (AvgIpc) is 3.05. The van der Waals surface area contributed by atoms with E-state index in [0.29, 0.717) is 10.7 Å². The van der Waals surface area contributed by atoms with Gasteiger partial charge in [-0.1, -0.05) is 66.2 Å². The number of hydrogen-bond acceptors (Lipinski definition) is 2. The van der Waals surface area contributed by atoms with E-state index in [1.54, 1.807) is 18.2 Å². The molecule has 0 spiro atoms. The first kappa shape index (κ1) is 19.4. The number of aryl methyl sites for hydroxylation is 1. The molecule has 1 aliphatic heterocycles. The van der Waals surface area contributed by atoms with E-state index in [4.69, 9.17) is 34.8 Å². The lowest BCUT2D eigenvalue weighted by molar-refractivity contribution is -0.122. The third kappa shape index (κ3) is 2.12. The highest BCUT2D eigenvalue weighted by Crippen LogP contribution is 2.69. The van der Waals surface area contributed by atoms with Crippen LogP contribution in [-0.2, 0) is 19.3 Å². The molecule has 1 heterocycles. The van der Waals surface area contributed by atoms with Crippen LogP contribution < -0.4 is 4.90 Å². The lowest BCUT2D eigenvalue weighted by Crippen LogP contribution is -2.57. The minimum absolute atomic E-state index is 0.343. The van der Waals surface area contributed by atoms with Gasteiger partial charge in [0.1, 0.15) is 9.75 Å². The van der Waals surface area contributed by atoms with Crippen LogP contribution in [0.5, 0.6) is 0 Å². The molecule has 3 aliphatic carbocycles. The van der Waals surface area contributed by atoms with Gasteiger partial charge in [-0.3, -0.25) is 9.59 Å². The average molecular weight is 469 g/mol. The van der Waals surface area contributed by atoms with E-state index in [-0.39, 0.29) is 11.8 Å². The van der Waals surface area contributed by atoms with E-state index in [2.05, 4.69) is 0 Å². The summed E-state index contributed by atoms with van der Waals surface area (Å²) in [6.45, 7) is 1.85. The van der Waals surface area contributed by atoms with Crippen LogP contribution in [-0.4, -0.2) is 11.8 Å². The standard InChI is InChI=1S/C25H16Cl3NO2/c1-13-10-11-14(26)12-19(13)29-22(30)20-21(23(29)31)25(28)16-7-3-2-6-15(16)24(20,27)17-8-4-5-9-18(17)25/h2-12,20-21H,1H3/t20-,21-,24?,25?/m0/s1. The van der Waals surface area contributed by atoms with E-state index < -0.39 is 21.6 Å². The van der Waals surface area contributed by atoms with Gasteiger partial charge in [0.15, 0.2) is 0 Å². The van der Waals surface area contributed by atoms with Gasteiger partial charge in [0.25, 0.3) is 0 Å². The Morgan fingerprint density at radius 1 is 0.742 bits per heavy atom. The summed E-state index contributed by atoms with van der Waals surface area (Å²) in [5.41, 5.74) is 4.41. The second kappa shape index (κ2) is 6.13. The second-order valence-electron chi connectivity index (χ2n) is 8.41. The molecule has 3 aromatic rings. The fourth-order valence-corrected chi connectivity index (χ4v) is 6.99. The monoisotopic (exact) mass is 467 g/mol. The Balaban J connectivity index is 1.67. The minimum atomic E-state index is -1.18. The van der Waals surface area contributed by atoms with Crippen LogP contribution in [0.15, 0.2) is 66.7 Å². The molecule has 2 atom stereocenters. The predicted molar refractivity (Wildman–Crippen MR) is 122 cm³/mol. The van der Waals surface area contributed by atoms with Crippen LogP contribution in [0, 0.1) is 18.8 Å². The number of halogens is 3. The first-order chi connectivity index (χ1) is 14.8. The van der Waals surface area contributed by atoms with Crippen molar-refractivity contribution < 1.29 is 9.59 Å². The van der Waals surface area contributed by atoms with E-state index in [9.17, 15) is 9.59 Å². The van der Waals surface area contributed by atoms with Gasteiger partial charge in [0, 0.05) is 5.02 Å². The van der Waals surface area contributed by atoms with Crippen molar-refractivity contribution in [2.75, 3.05) is 4.90 Å². The molecular formula is C25H16Cl3NO2. The van der Waals surface area contributed by atoms with Gasteiger partial charge in [-0.25, -0.2) is 4.90 Å². The summed E-state index contributed by atoms with van der Waals surface area (Å²) in [5, 5.41) is 0.451. The molecule has 31 heavy (non-hydrogen) atoms. The van der Waals surface area contributed by atoms with Crippen molar-refractivity contribution in [1.29, 1.82) is 0 Å². The molecule has 3 nitrogen and oxygen atoms in total. The molecular weight excluding hydrogens is 453 g/mol. The molecule has 3 aromatic carbocycles. The highest BCUT2D eigenvalue weighted by molar-refractivity contribution is 6.39. The molecule has 2 bridgehead atoms. The van der Waals surface area contributed by atoms with Gasteiger partial charge < -0.3 is 0 Å². The van der Waals surface area contributed by atoms with Crippen molar-refractivity contribution in [3.63, 3.8) is 0 Å². The van der Waals surface area contributed by atoms with E-state index in [1.165, 1.54) is 4.90 Å². The minimum Gasteiger partial charge on any atom is -0.274 e. The molecule has 0 radical (unpaired) electrons. The quantitative estimate of drug-likeness (QED) is 0.337. The molecule has 0 saturated carbocycles. The van der Waals surface area contributed by atoms with E-state index in [0.717, 1.165) is 27.8 Å². The summed E-state index contributed by atoms with van der Waals surface area (Å²) in [5.74, 6) is -2.32. The molecule has 1 saturated heterocycles. The summed E-state index contributed by atoms with van der Waals surface area (Å²) in [4.78, 5) is 26.7. The maximum absolute atomic E-state index is 13.9. The fraction of sp³-hybridized carbons (Fsp3) is 0.200. The van der Waals surface area contributed by atoms with Crippen LogP contribution >= 0.6 is 34.8 Å². The number of carbonyl (C=O) groups excluding carboxylic acids is 2. The molecule has 1 fully saturated rings. The molecule has 0 N–H and O–H groups in total. The van der Waals surface area contributed by atoms with Gasteiger partial charge >= 0.3 is 0 Å². The normalized spacial score (nSPS) is 30.3. The fourth-order valence-electron chi connectivity index (χ4n) is 5.73. The van der Waals surface area contributed by atoms with Crippen molar-refractivity contribution in [1.82, 2.24) is 0 Å². The number of rotatable bonds is 1. The number of imide groups is 1. The zero-order valence-electron chi connectivity index (χ0n) is 16.4. The Bertz CT molecular complexity index is 1200. The molecule has 154 valence electrons. The Labute approximate surface area is 194 Å². The van der Waals surface area contributed by atoms with Crippen LogP contribution in [0.1, 0.15) is 27.8 Å². The Morgan fingerprint density at radius 3 is 1.58 bits per heavy atom. The molecule has 0 unspecified atom stereocenters. The second-order valence-corrected chi connectivity index (χ2v) is 10.0. The summed E-state index contributed by atoms with van der Waals surface area (Å²) < 4.78 is 0. The van der Waals surface area contributed by atoms with Crippen LogP contribution in [0.25, 0.3) is 0 Å². The highest BCUT2D eigenvalue weighted by Gasteiger charge is 2.73. The lowest BCUT2D eigenvalue weighted by Gasteiger charge is -2.54. The van der Waals surface area contributed by atoms with Gasteiger partial charge in [0.05, 0.1) is 17.5 Å². The van der Waals surface area contributed by atoms with Gasteiger partial charge in [-0.05, 0) is 46.9 Å². The molecule has 2 amide bonds. The Hall–Kier alpha value is -2.33. The smallest absolute Gasteiger partial charge is 0.240 e. The summed E-state index contributed by atoms with van der Waals surface area (Å²) in [6, 6.07) is 20.4. The van der Waals surface area contributed by atoms with E-state index >= 15 is 0 Å². The molecule has 4 aliphatic rings. The SMILES string of the molecule is Cc1ccc(Cl)cc1N1C(=O)[C@@H]2[C@@H](C1=O)C1(Cl)c3ccccc3C2(Cl)c2ccccc21. The number of carbonyl (C=O) groups is 2. The molecule has 0 aromatic heterocycles. The highest BCUT2D eigenvalue weighted by atomic mass is 35.5.